The Bertz CT molecular complexity index is 1020. The second-order valence-corrected chi connectivity index (χ2v) is 5.94. The zero-order chi connectivity index (χ0) is 19.6. The van der Waals surface area contributed by atoms with Crippen LogP contribution in [0.15, 0.2) is 52.9 Å². The highest BCUT2D eigenvalue weighted by Gasteiger charge is 2.21. The quantitative estimate of drug-likeness (QED) is 0.281. The number of methoxy groups -OCH3 is 1. The van der Waals surface area contributed by atoms with Gasteiger partial charge in [-0.3, -0.25) is 10.1 Å². The van der Waals surface area contributed by atoms with Crippen LogP contribution in [0.4, 0.5) is 5.69 Å². The van der Waals surface area contributed by atoms with Gasteiger partial charge in [-0.2, -0.15) is 0 Å². The van der Waals surface area contributed by atoms with Crippen LogP contribution in [0.3, 0.4) is 0 Å². The smallest absolute Gasteiger partial charge is 0.379 e. The van der Waals surface area contributed by atoms with Crippen LogP contribution in [0, 0.1) is 24.0 Å². The standard InChI is InChI=1S/C20H17NO6/c1-12-4-5-15(10-13(12)2)26-20(22)19-9-8-18(27-19)16-7-6-14(25-3)11-17(16)21(23)24/h4-11H,1-3H3. The normalized spacial score (nSPS) is 10.5. The molecule has 2 aromatic carbocycles. The lowest BCUT2D eigenvalue weighted by Gasteiger charge is -2.05. The van der Waals surface area contributed by atoms with Crippen LogP contribution in [-0.4, -0.2) is 18.0 Å². The molecule has 7 nitrogen and oxygen atoms in total. The first kappa shape index (κ1) is 18.2. The summed E-state index contributed by atoms with van der Waals surface area (Å²) in [4.78, 5) is 23.1. The van der Waals surface area contributed by atoms with Gasteiger partial charge >= 0.3 is 5.97 Å². The molecule has 0 N–H and O–H groups in total. The van der Waals surface area contributed by atoms with Gasteiger partial charge in [0, 0.05) is 0 Å². The van der Waals surface area contributed by atoms with Crippen molar-refractivity contribution in [3.05, 3.63) is 75.5 Å². The molecule has 0 unspecified atom stereocenters. The number of carbonyl (C=O) groups is 1. The molecular weight excluding hydrogens is 350 g/mol. The number of furan rings is 1. The number of hydrogen-bond donors (Lipinski definition) is 0. The van der Waals surface area contributed by atoms with Crippen molar-refractivity contribution in [2.24, 2.45) is 0 Å². The molecule has 3 rings (SSSR count). The van der Waals surface area contributed by atoms with Crippen LogP contribution in [0.25, 0.3) is 11.3 Å². The summed E-state index contributed by atoms with van der Waals surface area (Å²) in [7, 11) is 1.42. The number of carbonyl (C=O) groups excluding carboxylic acids is 1. The zero-order valence-corrected chi connectivity index (χ0v) is 15.0. The average molecular weight is 367 g/mol. The van der Waals surface area contributed by atoms with E-state index in [4.69, 9.17) is 13.9 Å². The molecule has 0 radical (unpaired) electrons. The van der Waals surface area contributed by atoms with E-state index in [0.29, 0.717) is 11.5 Å². The van der Waals surface area contributed by atoms with E-state index in [1.54, 1.807) is 18.2 Å². The third-order valence-electron chi connectivity index (χ3n) is 4.16. The number of nitro groups is 1. The molecule has 0 saturated heterocycles. The number of hydrogen-bond acceptors (Lipinski definition) is 6. The summed E-state index contributed by atoms with van der Waals surface area (Å²) in [5, 5.41) is 11.3. The lowest BCUT2D eigenvalue weighted by molar-refractivity contribution is -0.384. The minimum Gasteiger partial charge on any atom is -0.497 e. The number of benzene rings is 2. The molecule has 0 bridgehead atoms. The van der Waals surface area contributed by atoms with Crippen molar-refractivity contribution in [3.8, 4) is 22.8 Å². The molecule has 0 aliphatic carbocycles. The Kier molecular flexibility index (Phi) is 4.94. The van der Waals surface area contributed by atoms with Crippen LogP contribution in [-0.2, 0) is 0 Å². The maximum Gasteiger partial charge on any atom is 0.379 e. The lowest BCUT2D eigenvalue weighted by atomic mass is 10.1. The van der Waals surface area contributed by atoms with Crippen LogP contribution >= 0.6 is 0 Å². The third kappa shape index (κ3) is 3.82. The van der Waals surface area contributed by atoms with Crippen LogP contribution < -0.4 is 9.47 Å². The zero-order valence-electron chi connectivity index (χ0n) is 15.0. The van der Waals surface area contributed by atoms with Crippen molar-refractivity contribution < 1.29 is 23.6 Å². The number of rotatable bonds is 5. The van der Waals surface area contributed by atoms with Gasteiger partial charge in [-0.05, 0) is 61.4 Å². The molecular formula is C20H17NO6. The van der Waals surface area contributed by atoms with Gasteiger partial charge in [0.05, 0.1) is 23.7 Å². The Morgan fingerprint density at radius 1 is 1.00 bits per heavy atom. The highest BCUT2D eigenvalue weighted by Crippen LogP contribution is 2.34. The Hall–Kier alpha value is -3.61. The van der Waals surface area contributed by atoms with Crippen LogP contribution in [0.1, 0.15) is 21.7 Å². The second-order valence-electron chi connectivity index (χ2n) is 5.94. The molecule has 7 heteroatoms. The molecule has 0 spiro atoms. The highest BCUT2D eigenvalue weighted by atomic mass is 16.6. The topological polar surface area (TPSA) is 91.8 Å². The van der Waals surface area contributed by atoms with Crippen molar-refractivity contribution in [3.63, 3.8) is 0 Å². The molecule has 0 amide bonds. The number of esters is 1. The number of ether oxygens (including phenoxy) is 2. The second kappa shape index (κ2) is 7.33. The fourth-order valence-corrected chi connectivity index (χ4v) is 2.52. The molecule has 0 saturated carbocycles. The first-order valence-electron chi connectivity index (χ1n) is 8.11. The van der Waals surface area contributed by atoms with E-state index in [0.717, 1.165) is 11.1 Å². The van der Waals surface area contributed by atoms with E-state index in [2.05, 4.69) is 0 Å². The van der Waals surface area contributed by atoms with E-state index >= 15 is 0 Å². The van der Waals surface area contributed by atoms with Crippen molar-refractivity contribution in [1.82, 2.24) is 0 Å². The van der Waals surface area contributed by atoms with E-state index in [-0.39, 0.29) is 22.8 Å². The Morgan fingerprint density at radius 3 is 2.41 bits per heavy atom. The molecule has 1 heterocycles. The third-order valence-corrected chi connectivity index (χ3v) is 4.16. The van der Waals surface area contributed by atoms with Gasteiger partial charge in [0.2, 0.25) is 5.76 Å². The molecule has 0 fully saturated rings. The summed E-state index contributed by atoms with van der Waals surface area (Å²) < 4.78 is 15.8. The molecule has 27 heavy (non-hydrogen) atoms. The fourth-order valence-electron chi connectivity index (χ4n) is 2.52. The predicted molar refractivity (Wildman–Crippen MR) is 98.2 cm³/mol. The number of nitro benzene ring substituents is 1. The van der Waals surface area contributed by atoms with E-state index in [1.165, 1.54) is 31.4 Å². The van der Waals surface area contributed by atoms with E-state index in [9.17, 15) is 14.9 Å². The average Bonchev–Trinajstić information content (AvgIpc) is 3.14. The van der Waals surface area contributed by atoms with Crippen molar-refractivity contribution >= 4 is 11.7 Å². The fraction of sp³-hybridized carbons (Fsp3) is 0.150. The minimum absolute atomic E-state index is 0.0478. The number of nitrogens with zero attached hydrogens (tertiary/aromatic N) is 1. The summed E-state index contributed by atoms with van der Waals surface area (Å²) in [6.45, 7) is 3.88. The summed E-state index contributed by atoms with van der Waals surface area (Å²) in [5.74, 6) is 0.216. The molecule has 3 aromatic rings. The maximum absolute atomic E-state index is 12.3. The van der Waals surface area contributed by atoms with Gasteiger partial charge in [0.25, 0.3) is 5.69 Å². The monoisotopic (exact) mass is 367 g/mol. The highest BCUT2D eigenvalue weighted by molar-refractivity contribution is 5.89. The van der Waals surface area contributed by atoms with Gasteiger partial charge in [0.1, 0.15) is 17.3 Å². The van der Waals surface area contributed by atoms with E-state index in [1.807, 2.05) is 19.9 Å². The van der Waals surface area contributed by atoms with Crippen molar-refractivity contribution in [2.75, 3.05) is 7.11 Å². The molecule has 0 atom stereocenters. The summed E-state index contributed by atoms with van der Waals surface area (Å²) in [5.41, 5.74) is 2.14. The van der Waals surface area contributed by atoms with Crippen LogP contribution in [0.2, 0.25) is 0 Å². The van der Waals surface area contributed by atoms with Gasteiger partial charge in [-0.25, -0.2) is 4.79 Å². The summed E-state index contributed by atoms with van der Waals surface area (Å²) in [6.07, 6.45) is 0. The first-order valence-corrected chi connectivity index (χ1v) is 8.11. The van der Waals surface area contributed by atoms with Gasteiger partial charge < -0.3 is 13.9 Å². The van der Waals surface area contributed by atoms with Gasteiger partial charge in [0.15, 0.2) is 0 Å². The van der Waals surface area contributed by atoms with Crippen molar-refractivity contribution in [2.45, 2.75) is 13.8 Å². The Labute approximate surface area is 155 Å². The Morgan fingerprint density at radius 2 is 1.74 bits per heavy atom. The van der Waals surface area contributed by atoms with Crippen molar-refractivity contribution in [1.29, 1.82) is 0 Å². The molecule has 1 aromatic heterocycles. The summed E-state index contributed by atoms with van der Waals surface area (Å²) in [6, 6.07) is 12.6. The number of aryl methyl sites for hydroxylation is 2. The van der Waals surface area contributed by atoms with Crippen LogP contribution in [0.5, 0.6) is 11.5 Å². The predicted octanol–water partition coefficient (Wildman–Crippen LogP) is 4.70. The Balaban J connectivity index is 1.87. The molecule has 0 aliphatic rings. The summed E-state index contributed by atoms with van der Waals surface area (Å²) >= 11 is 0. The van der Waals surface area contributed by atoms with Gasteiger partial charge in [-0.15, -0.1) is 0 Å². The molecule has 0 aliphatic heterocycles. The SMILES string of the molecule is COc1ccc(-c2ccc(C(=O)Oc3ccc(C)c(C)c3)o2)c([N+](=O)[O-])c1. The van der Waals surface area contributed by atoms with Gasteiger partial charge in [-0.1, -0.05) is 6.07 Å². The maximum atomic E-state index is 12.3. The minimum atomic E-state index is -0.680. The largest absolute Gasteiger partial charge is 0.497 e. The lowest BCUT2D eigenvalue weighted by Crippen LogP contribution is -2.07. The first-order chi connectivity index (χ1) is 12.9. The van der Waals surface area contributed by atoms with E-state index < -0.39 is 10.9 Å². The molecule has 138 valence electrons.